The molecule has 2 N–H and O–H groups in total. The number of carboxylic acid groups (broad SMARTS) is 1. The van der Waals surface area contributed by atoms with Gasteiger partial charge in [0, 0.05) is 6.42 Å². The van der Waals surface area contributed by atoms with Gasteiger partial charge in [0.05, 0.1) is 11.5 Å². The highest BCUT2D eigenvalue weighted by Gasteiger charge is 2.32. The van der Waals surface area contributed by atoms with Gasteiger partial charge < -0.3 is 14.6 Å². The third-order valence-electron chi connectivity index (χ3n) is 3.87. The number of ether oxygens (including phenoxy) is 2. The van der Waals surface area contributed by atoms with Crippen LogP contribution in [0.5, 0.6) is 5.75 Å². The first-order valence-electron chi connectivity index (χ1n) is 8.35. The fraction of sp³-hybridized carbons (Fsp3) is 0.529. The van der Waals surface area contributed by atoms with E-state index in [1.54, 1.807) is 6.92 Å². The average Bonchev–Trinajstić information content (AvgIpc) is 2.97. The highest BCUT2D eigenvalue weighted by Crippen LogP contribution is 2.31. The molecular weight excluding hydrogens is 362 g/mol. The van der Waals surface area contributed by atoms with Gasteiger partial charge in [0.15, 0.2) is 6.10 Å². The maximum Gasteiger partial charge on any atom is 0.347 e. The molecule has 0 radical (unpaired) electrons. The third-order valence-corrected chi connectivity index (χ3v) is 5.34. The largest absolute Gasteiger partial charge is 0.480 e. The third kappa shape index (κ3) is 4.73. The van der Waals surface area contributed by atoms with Gasteiger partial charge in [-0.1, -0.05) is 13.8 Å². The summed E-state index contributed by atoms with van der Waals surface area (Å²) in [5.74, 6) is -1.31. The lowest BCUT2D eigenvalue weighted by Crippen LogP contribution is -2.41. The number of hydrogen-bond acceptors (Lipinski definition) is 6. The zero-order chi connectivity index (χ0) is 19.5. The molecule has 0 aromatic heterocycles. The number of aliphatic carboxylic acids is 1. The van der Waals surface area contributed by atoms with E-state index >= 15 is 0 Å². The first-order valence-corrected chi connectivity index (χ1v) is 9.83. The Labute approximate surface area is 152 Å². The Morgan fingerprint density at radius 1 is 1.38 bits per heavy atom. The van der Waals surface area contributed by atoms with Crippen LogP contribution in [0.25, 0.3) is 0 Å². The van der Waals surface area contributed by atoms with Crippen molar-refractivity contribution in [2.75, 3.05) is 6.61 Å². The molecule has 9 heteroatoms. The number of hydrogen-bond donors (Lipinski definition) is 2. The van der Waals surface area contributed by atoms with Crippen LogP contribution >= 0.6 is 0 Å². The summed E-state index contributed by atoms with van der Waals surface area (Å²) in [4.78, 5) is 23.0. The number of carbonyl (C=O) groups excluding carboxylic acids is 1. The van der Waals surface area contributed by atoms with E-state index in [0.717, 1.165) is 0 Å². The topological polar surface area (TPSA) is 119 Å². The van der Waals surface area contributed by atoms with Gasteiger partial charge in [0.1, 0.15) is 11.8 Å². The van der Waals surface area contributed by atoms with Crippen molar-refractivity contribution < 1.29 is 32.6 Å². The molecule has 1 heterocycles. The van der Waals surface area contributed by atoms with Gasteiger partial charge in [-0.2, -0.15) is 4.72 Å². The Morgan fingerprint density at radius 2 is 2.08 bits per heavy atom. The highest BCUT2D eigenvalue weighted by atomic mass is 32.2. The molecular formula is C17H23NO7S. The molecule has 0 saturated carbocycles. The Balaban J connectivity index is 2.19. The van der Waals surface area contributed by atoms with E-state index in [1.807, 2.05) is 13.8 Å². The first-order chi connectivity index (χ1) is 12.1. The molecule has 26 heavy (non-hydrogen) atoms. The molecule has 1 aliphatic rings. The van der Waals surface area contributed by atoms with Crippen molar-refractivity contribution in [2.45, 2.75) is 50.7 Å². The van der Waals surface area contributed by atoms with Crippen LogP contribution in [0.15, 0.2) is 23.1 Å². The lowest BCUT2D eigenvalue weighted by atomic mass is 10.1. The van der Waals surface area contributed by atoms with E-state index < -0.39 is 34.1 Å². The van der Waals surface area contributed by atoms with Gasteiger partial charge in [-0.15, -0.1) is 0 Å². The normalized spacial score (nSPS) is 17.5. The van der Waals surface area contributed by atoms with Crippen molar-refractivity contribution in [2.24, 2.45) is 5.92 Å². The summed E-state index contributed by atoms with van der Waals surface area (Å²) in [7, 11) is -4.02. The second-order valence-electron chi connectivity index (χ2n) is 6.47. The summed E-state index contributed by atoms with van der Waals surface area (Å²) < 4.78 is 37.7. The molecule has 0 saturated heterocycles. The lowest BCUT2D eigenvalue weighted by molar-refractivity contribution is -0.150. The van der Waals surface area contributed by atoms with Gasteiger partial charge in [0.25, 0.3) is 0 Å². The van der Waals surface area contributed by atoms with E-state index in [-0.39, 0.29) is 30.3 Å². The van der Waals surface area contributed by atoms with Crippen LogP contribution in [0.2, 0.25) is 0 Å². The fourth-order valence-corrected chi connectivity index (χ4v) is 3.94. The number of esters is 1. The Kier molecular flexibility index (Phi) is 6.25. The SMILES string of the molecule is CCOC(=O)C1Cc2cc(S(=O)(=O)NC(CC(C)C)C(=O)O)ccc2O1. The van der Waals surface area contributed by atoms with Crippen molar-refractivity contribution in [3.05, 3.63) is 23.8 Å². The van der Waals surface area contributed by atoms with E-state index in [1.165, 1.54) is 18.2 Å². The lowest BCUT2D eigenvalue weighted by Gasteiger charge is -2.16. The number of benzene rings is 1. The van der Waals surface area contributed by atoms with Gasteiger partial charge in [-0.05, 0) is 43.0 Å². The fourth-order valence-electron chi connectivity index (χ4n) is 2.68. The van der Waals surface area contributed by atoms with Crippen molar-refractivity contribution in [3.63, 3.8) is 0 Å². The molecule has 1 aromatic rings. The molecule has 2 atom stereocenters. The van der Waals surface area contributed by atoms with Crippen LogP contribution in [-0.4, -0.2) is 44.2 Å². The van der Waals surface area contributed by atoms with E-state index in [9.17, 15) is 23.1 Å². The van der Waals surface area contributed by atoms with Crippen LogP contribution in [-0.2, 0) is 30.8 Å². The minimum absolute atomic E-state index is 0.0116. The number of nitrogens with one attached hydrogen (secondary N) is 1. The van der Waals surface area contributed by atoms with Crippen molar-refractivity contribution in [1.29, 1.82) is 0 Å². The zero-order valence-electron chi connectivity index (χ0n) is 14.9. The summed E-state index contributed by atoms with van der Waals surface area (Å²) >= 11 is 0. The number of carboxylic acids is 1. The summed E-state index contributed by atoms with van der Waals surface area (Å²) in [6, 6.07) is 2.96. The molecule has 1 aliphatic heterocycles. The summed E-state index contributed by atoms with van der Waals surface area (Å²) in [5.41, 5.74) is 0.557. The predicted molar refractivity (Wildman–Crippen MR) is 92.4 cm³/mol. The Bertz CT molecular complexity index is 788. The molecule has 0 fully saturated rings. The van der Waals surface area contributed by atoms with Crippen LogP contribution in [0.1, 0.15) is 32.8 Å². The summed E-state index contributed by atoms with van der Waals surface area (Å²) in [6.45, 7) is 5.54. The zero-order valence-corrected chi connectivity index (χ0v) is 15.7. The predicted octanol–water partition coefficient (Wildman–Crippen LogP) is 1.33. The van der Waals surface area contributed by atoms with Crippen molar-refractivity contribution in [1.82, 2.24) is 4.72 Å². The molecule has 0 spiro atoms. The van der Waals surface area contributed by atoms with E-state index in [0.29, 0.717) is 11.3 Å². The van der Waals surface area contributed by atoms with Crippen LogP contribution in [0.3, 0.4) is 0 Å². The van der Waals surface area contributed by atoms with Gasteiger partial charge in [0.2, 0.25) is 10.0 Å². The van der Waals surface area contributed by atoms with Crippen LogP contribution in [0, 0.1) is 5.92 Å². The average molecular weight is 385 g/mol. The number of carbonyl (C=O) groups is 2. The quantitative estimate of drug-likeness (QED) is 0.648. The maximum absolute atomic E-state index is 12.5. The van der Waals surface area contributed by atoms with Crippen molar-refractivity contribution >= 4 is 22.0 Å². The van der Waals surface area contributed by atoms with Gasteiger partial charge in [-0.25, -0.2) is 13.2 Å². The second-order valence-corrected chi connectivity index (χ2v) is 8.19. The van der Waals surface area contributed by atoms with Gasteiger partial charge >= 0.3 is 11.9 Å². The van der Waals surface area contributed by atoms with Crippen LogP contribution in [0.4, 0.5) is 0 Å². The molecule has 1 aromatic carbocycles. The minimum atomic E-state index is -4.02. The highest BCUT2D eigenvalue weighted by molar-refractivity contribution is 7.89. The molecule has 0 aliphatic carbocycles. The Morgan fingerprint density at radius 3 is 2.65 bits per heavy atom. The molecule has 0 amide bonds. The van der Waals surface area contributed by atoms with Gasteiger partial charge in [-0.3, -0.25) is 4.79 Å². The molecule has 144 valence electrons. The van der Waals surface area contributed by atoms with Crippen LogP contribution < -0.4 is 9.46 Å². The monoisotopic (exact) mass is 385 g/mol. The van der Waals surface area contributed by atoms with E-state index in [4.69, 9.17) is 9.47 Å². The first kappa shape index (κ1) is 20.2. The van der Waals surface area contributed by atoms with Crippen molar-refractivity contribution in [3.8, 4) is 5.75 Å². The molecule has 0 bridgehead atoms. The summed E-state index contributed by atoms with van der Waals surface area (Å²) in [6.07, 6.45) is -0.428. The molecule has 8 nitrogen and oxygen atoms in total. The molecule has 2 unspecified atom stereocenters. The van der Waals surface area contributed by atoms with E-state index in [2.05, 4.69) is 4.72 Å². The second kappa shape index (κ2) is 8.05. The Hall–Kier alpha value is -2.13. The standard InChI is InChI=1S/C17H23NO7S/c1-4-24-17(21)15-9-11-8-12(5-6-14(11)25-15)26(22,23)18-13(16(19)20)7-10(2)3/h5-6,8,10,13,15,18H,4,7,9H2,1-3H3,(H,19,20). The number of fused-ring (bicyclic) bond motifs is 1. The minimum Gasteiger partial charge on any atom is -0.480 e. The maximum atomic E-state index is 12.5. The molecule has 2 rings (SSSR count). The number of rotatable bonds is 8. The number of sulfonamides is 1. The smallest absolute Gasteiger partial charge is 0.347 e. The summed E-state index contributed by atoms with van der Waals surface area (Å²) in [5, 5.41) is 9.24.